The molecule has 0 fully saturated rings. The van der Waals surface area contributed by atoms with Gasteiger partial charge in [-0.25, -0.2) is 8.89 Å². The van der Waals surface area contributed by atoms with Crippen LogP contribution in [0.15, 0.2) is 95.5 Å². The van der Waals surface area contributed by atoms with Gasteiger partial charge in [-0.3, -0.25) is 4.79 Å². The Labute approximate surface area is 238 Å². The lowest BCUT2D eigenvalue weighted by atomic mass is 10.0. The van der Waals surface area contributed by atoms with Gasteiger partial charge < -0.3 is 9.47 Å². The zero-order chi connectivity index (χ0) is 28.3. The average Bonchev–Trinajstić information content (AvgIpc) is 3.32. The summed E-state index contributed by atoms with van der Waals surface area (Å²) in [7, 11) is 0.429. The monoisotopic (exact) mass is 573 g/mol. The zero-order valence-electron chi connectivity index (χ0n) is 22.3. The quantitative estimate of drug-likeness (QED) is 0.178. The number of carbonyl (C=O) groups excluding carboxylic acids is 1. The van der Waals surface area contributed by atoms with Gasteiger partial charge in [0.2, 0.25) is 11.7 Å². The minimum Gasteiger partial charge on any atom is -0.494 e. The van der Waals surface area contributed by atoms with Gasteiger partial charge in [0.15, 0.2) is 0 Å². The summed E-state index contributed by atoms with van der Waals surface area (Å²) in [6, 6.07) is 26.8. The third-order valence-electron chi connectivity index (χ3n) is 6.42. The maximum atomic E-state index is 13.7. The molecule has 0 bridgehead atoms. The molecule has 1 heterocycles. The number of nitrogens with zero attached hydrogens (tertiary/aromatic N) is 3. The Kier molecular flexibility index (Phi) is 7.91. The van der Waals surface area contributed by atoms with E-state index in [1.165, 1.54) is 18.0 Å². The van der Waals surface area contributed by atoms with Crippen molar-refractivity contribution in [2.75, 3.05) is 13.4 Å². The minimum absolute atomic E-state index is 0.0521. The number of methoxy groups -OCH3 is 1. The lowest BCUT2D eigenvalue weighted by Crippen LogP contribution is -2.08. The van der Waals surface area contributed by atoms with Crippen molar-refractivity contribution in [2.45, 2.75) is 12.4 Å². The van der Waals surface area contributed by atoms with Gasteiger partial charge in [0.25, 0.3) is 0 Å². The van der Waals surface area contributed by atoms with Gasteiger partial charge in [-0.15, -0.1) is 0 Å². The van der Waals surface area contributed by atoms with Crippen LogP contribution in [0.25, 0.3) is 10.8 Å². The Hall–Kier alpha value is -4.14. The molecular weight excluding hydrogens is 546 g/mol. The molecule has 0 radical (unpaired) electrons. The first-order valence-electron chi connectivity index (χ1n) is 12.5. The van der Waals surface area contributed by atoms with E-state index in [-0.39, 0.29) is 34.2 Å². The Balaban J connectivity index is 1.45. The number of halogens is 1. The summed E-state index contributed by atoms with van der Waals surface area (Å²) in [5.74, 6) is 0.465. The fourth-order valence-electron chi connectivity index (χ4n) is 4.46. The van der Waals surface area contributed by atoms with Gasteiger partial charge in [0, 0.05) is 18.9 Å². The third-order valence-corrected chi connectivity index (χ3v) is 8.24. The largest absolute Gasteiger partial charge is 0.494 e. The van der Waals surface area contributed by atoms with Crippen LogP contribution in [0.2, 0.25) is 5.02 Å². The Morgan fingerprint density at radius 2 is 1.68 bits per heavy atom. The van der Waals surface area contributed by atoms with Crippen LogP contribution in [-0.2, 0) is 29.1 Å². The molecule has 0 saturated carbocycles. The lowest BCUT2D eigenvalue weighted by Gasteiger charge is -2.13. The number of hydrogen-bond acceptors (Lipinski definition) is 6. The maximum Gasteiger partial charge on any atom is 0.223 e. The van der Waals surface area contributed by atoms with E-state index >= 15 is 0 Å². The number of hydrogen-bond donors (Lipinski definition) is 0. The maximum absolute atomic E-state index is 13.7. The average molecular weight is 574 g/mol. The third kappa shape index (κ3) is 5.88. The van der Waals surface area contributed by atoms with Crippen molar-refractivity contribution in [1.29, 1.82) is 0 Å². The first-order chi connectivity index (χ1) is 19.3. The molecule has 204 valence electrons. The number of ether oxygens (including phenoxy) is 2. The summed E-state index contributed by atoms with van der Waals surface area (Å²) in [6.07, 6.45) is 3.01. The highest BCUT2D eigenvalue weighted by atomic mass is 35.5. The molecule has 5 rings (SSSR count). The number of aryl methyl sites for hydroxylation is 1. The number of fused-ring (bicyclic) bond motifs is 1. The van der Waals surface area contributed by atoms with Gasteiger partial charge in [0.05, 0.1) is 33.8 Å². The van der Waals surface area contributed by atoms with Crippen LogP contribution in [0.3, 0.4) is 0 Å². The number of rotatable bonds is 9. The van der Waals surface area contributed by atoms with E-state index in [1.807, 2.05) is 60.7 Å². The van der Waals surface area contributed by atoms with E-state index in [1.54, 1.807) is 25.4 Å². The van der Waals surface area contributed by atoms with Crippen molar-refractivity contribution >= 4 is 43.6 Å². The summed E-state index contributed by atoms with van der Waals surface area (Å²) in [6.45, 7) is 0.249. The summed E-state index contributed by atoms with van der Waals surface area (Å²) < 4.78 is 31.0. The van der Waals surface area contributed by atoms with E-state index in [0.29, 0.717) is 11.6 Å². The molecule has 0 aliphatic rings. The molecule has 1 unspecified atom stereocenters. The predicted molar refractivity (Wildman–Crippen MR) is 159 cm³/mol. The van der Waals surface area contributed by atoms with Crippen molar-refractivity contribution in [3.05, 3.63) is 118 Å². The Morgan fingerprint density at radius 1 is 0.950 bits per heavy atom. The van der Waals surface area contributed by atoms with E-state index in [0.717, 1.165) is 21.9 Å². The van der Waals surface area contributed by atoms with Gasteiger partial charge in [-0.2, -0.15) is 9.46 Å². The first-order valence-corrected chi connectivity index (χ1v) is 15.0. The molecule has 9 heteroatoms. The van der Waals surface area contributed by atoms with Gasteiger partial charge in [0.1, 0.15) is 23.6 Å². The predicted octanol–water partition coefficient (Wildman–Crippen LogP) is 6.97. The second kappa shape index (κ2) is 11.5. The van der Waals surface area contributed by atoms with E-state index in [4.69, 9.17) is 21.1 Å². The van der Waals surface area contributed by atoms with Gasteiger partial charge in [-0.1, -0.05) is 78.3 Å². The summed E-state index contributed by atoms with van der Waals surface area (Å²) in [5.41, 5.74) is 2.44. The fourth-order valence-corrected chi connectivity index (χ4v) is 6.24. The van der Waals surface area contributed by atoms with Crippen LogP contribution in [-0.4, -0.2) is 33.1 Å². The van der Waals surface area contributed by atoms with E-state index in [2.05, 4.69) is 21.6 Å². The highest BCUT2D eigenvalue weighted by molar-refractivity contribution is 7.92. The van der Waals surface area contributed by atoms with Gasteiger partial charge in [-0.05, 0) is 40.1 Å². The number of aromatic nitrogens is 2. The van der Waals surface area contributed by atoms with Crippen molar-refractivity contribution in [3.8, 4) is 11.6 Å². The molecular formula is C31H28ClN3O4S. The molecule has 0 saturated heterocycles. The highest BCUT2D eigenvalue weighted by Crippen LogP contribution is 2.40. The molecule has 0 aliphatic carbocycles. The second-order valence-corrected chi connectivity index (χ2v) is 12.2. The van der Waals surface area contributed by atoms with E-state index < -0.39 is 15.5 Å². The fraction of sp³-hybridized carbons (Fsp3) is 0.161. The van der Waals surface area contributed by atoms with Crippen LogP contribution >= 0.6 is 11.6 Å². The Morgan fingerprint density at radius 3 is 2.42 bits per heavy atom. The normalized spacial score (nSPS) is 12.6. The Bertz CT molecular complexity index is 1830. The molecule has 40 heavy (non-hydrogen) atoms. The summed E-state index contributed by atoms with van der Waals surface area (Å²) in [4.78, 5) is 13.7. The molecule has 0 N–H and O–H groups in total. The van der Waals surface area contributed by atoms with Crippen LogP contribution in [0.5, 0.6) is 11.6 Å². The van der Waals surface area contributed by atoms with Crippen molar-refractivity contribution in [3.63, 3.8) is 0 Å². The molecule has 4 aromatic carbocycles. The van der Waals surface area contributed by atoms with Crippen molar-refractivity contribution in [2.24, 2.45) is 11.4 Å². The number of ketones is 1. The molecule has 0 aliphatic heterocycles. The molecule has 0 spiro atoms. The molecule has 1 aromatic heterocycles. The van der Waals surface area contributed by atoms with Crippen LogP contribution in [0.1, 0.15) is 27.0 Å². The molecule has 5 aromatic rings. The lowest BCUT2D eigenvalue weighted by molar-refractivity contribution is 0.103. The highest BCUT2D eigenvalue weighted by Gasteiger charge is 2.25. The summed E-state index contributed by atoms with van der Waals surface area (Å²) >= 11 is 6.75. The molecule has 1 atom stereocenters. The smallest absolute Gasteiger partial charge is 0.223 e. The van der Waals surface area contributed by atoms with Crippen LogP contribution in [0.4, 0.5) is 5.69 Å². The number of carbonyl (C=O) groups is 1. The SMILES string of the molecule is COc1ccc(C(=O)c2cnn(C)c2OCc2ccc3ccccc3c2)c(Cl)c1N=S(C)(=O)Cc1ccccc1. The summed E-state index contributed by atoms with van der Waals surface area (Å²) in [5, 5.41) is 6.54. The van der Waals surface area contributed by atoms with Gasteiger partial charge >= 0.3 is 0 Å². The molecule has 7 nitrogen and oxygen atoms in total. The van der Waals surface area contributed by atoms with Crippen LogP contribution < -0.4 is 9.47 Å². The first kappa shape index (κ1) is 27.4. The minimum atomic E-state index is -2.75. The number of benzene rings is 4. The zero-order valence-corrected chi connectivity index (χ0v) is 23.9. The topological polar surface area (TPSA) is 82.8 Å². The van der Waals surface area contributed by atoms with Crippen molar-refractivity contribution < 1.29 is 18.5 Å². The molecule has 0 amide bonds. The van der Waals surface area contributed by atoms with Crippen LogP contribution in [0, 0.1) is 0 Å². The second-order valence-electron chi connectivity index (χ2n) is 9.44. The van der Waals surface area contributed by atoms with Crippen molar-refractivity contribution in [1.82, 2.24) is 9.78 Å². The van der Waals surface area contributed by atoms with E-state index in [9.17, 15) is 9.00 Å². The standard InChI is InChI=1S/C31H28ClN3O4S/c1-35-31(39-19-22-13-14-23-11-7-8-12-24(23)17-22)26(18-33-35)30(36)25-15-16-27(38-2)29(28(25)32)34-40(3,37)20-21-9-5-4-6-10-21/h4-18H,19-20H2,1-3H3.